The molecule has 0 fully saturated rings. The molecule has 0 unspecified atom stereocenters. The van der Waals surface area contributed by atoms with E-state index in [1.54, 1.807) is 0 Å². The van der Waals surface area contributed by atoms with Crippen LogP contribution >= 0.6 is 0 Å². The smallest absolute Gasteiger partial charge is 0.160 e. The van der Waals surface area contributed by atoms with Crippen molar-refractivity contribution in [3.05, 3.63) is 228 Å². The van der Waals surface area contributed by atoms with E-state index in [9.17, 15) is 0 Å². The molecule has 0 aliphatic heterocycles. The number of hydrogen-bond acceptors (Lipinski definition) is 3. The average Bonchev–Trinajstić information content (AvgIpc) is 3.82. The lowest BCUT2D eigenvalue weighted by Crippen LogP contribution is -2.40. The Kier molecular flexibility index (Phi) is 7.19. The summed E-state index contributed by atoms with van der Waals surface area (Å²) in [5, 5.41) is 2.19. The molecule has 0 N–H and O–H groups in total. The zero-order valence-electron chi connectivity index (χ0n) is 32.8. The summed E-state index contributed by atoms with van der Waals surface area (Å²) in [5.41, 5.74) is 18.8. The monoisotopic (exact) mass is 754 g/mol. The summed E-state index contributed by atoms with van der Waals surface area (Å²) in [6.45, 7) is 4.76. The Bertz CT molecular complexity index is 3270. The summed E-state index contributed by atoms with van der Waals surface area (Å²) >= 11 is 0. The maximum absolute atomic E-state index is 6.30. The molecule has 3 nitrogen and oxygen atoms in total. The van der Waals surface area contributed by atoms with E-state index in [-0.39, 0.29) is 5.41 Å². The van der Waals surface area contributed by atoms with Crippen LogP contribution in [0.2, 0.25) is 0 Å². The number of aromatic nitrogens is 2. The third kappa shape index (κ3) is 4.88. The number of nitrogens with zero attached hydrogens (tertiary/aromatic N) is 2. The van der Waals surface area contributed by atoms with E-state index in [0.29, 0.717) is 5.82 Å². The van der Waals surface area contributed by atoms with Crippen molar-refractivity contribution in [1.29, 1.82) is 0 Å². The highest BCUT2D eigenvalue weighted by atomic mass is 16.3. The Labute approximate surface area is 343 Å². The van der Waals surface area contributed by atoms with Crippen molar-refractivity contribution in [2.24, 2.45) is 0 Å². The molecule has 8 aromatic carbocycles. The molecule has 0 radical (unpaired) electrons. The molecule has 0 atom stereocenters. The van der Waals surface area contributed by atoms with Gasteiger partial charge in [0.15, 0.2) is 5.82 Å². The maximum Gasteiger partial charge on any atom is 0.160 e. The first-order valence-corrected chi connectivity index (χ1v) is 20.4. The highest BCUT2D eigenvalue weighted by molar-refractivity contribution is 6.05. The lowest BCUT2D eigenvalue weighted by atomic mass is 9.55. The number of furan rings is 1. The summed E-state index contributed by atoms with van der Waals surface area (Å²) in [5.74, 6) is 0.657. The average molecular weight is 755 g/mol. The van der Waals surface area contributed by atoms with Crippen molar-refractivity contribution in [2.45, 2.75) is 24.7 Å². The minimum Gasteiger partial charge on any atom is -0.456 e. The van der Waals surface area contributed by atoms with Crippen molar-refractivity contribution >= 4 is 21.9 Å². The second-order valence-electron chi connectivity index (χ2n) is 16.5. The molecule has 10 aromatic rings. The fraction of sp³-hybridized carbons (Fsp3) is 0.0714. The largest absolute Gasteiger partial charge is 0.456 e. The molecule has 0 bridgehead atoms. The van der Waals surface area contributed by atoms with Crippen LogP contribution in [0.3, 0.4) is 0 Å². The molecule has 2 aliphatic rings. The number of para-hydroxylation sites is 1. The van der Waals surface area contributed by atoms with E-state index in [1.165, 1.54) is 50.1 Å². The van der Waals surface area contributed by atoms with Gasteiger partial charge in [0.2, 0.25) is 0 Å². The normalized spacial score (nSPS) is 14.2. The second kappa shape index (κ2) is 12.6. The Morgan fingerprint density at radius 1 is 0.356 bits per heavy atom. The van der Waals surface area contributed by atoms with Crippen LogP contribution in [0.1, 0.15) is 47.2 Å². The van der Waals surface area contributed by atoms with E-state index in [4.69, 9.17) is 14.4 Å². The molecule has 278 valence electrons. The van der Waals surface area contributed by atoms with Gasteiger partial charge in [0.25, 0.3) is 0 Å². The first-order valence-electron chi connectivity index (χ1n) is 20.4. The molecule has 2 aromatic heterocycles. The second-order valence-corrected chi connectivity index (χ2v) is 16.5. The minimum atomic E-state index is -0.449. The van der Waals surface area contributed by atoms with Gasteiger partial charge in [-0.1, -0.05) is 172 Å². The molecule has 59 heavy (non-hydrogen) atoms. The van der Waals surface area contributed by atoms with Crippen LogP contribution in [0.5, 0.6) is 0 Å². The molecule has 0 saturated carbocycles. The SMILES string of the molecule is CC1(C)c2ccccc2C2(c3ccccc3-c3ccccc32)c2cc(-c3cccc(-c4cc(-c5ccccc5)nc(-c5ccc6c(c5)oc5ccccc56)n4)c3)ccc21. The van der Waals surface area contributed by atoms with E-state index in [1.807, 2.05) is 24.3 Å². The van der Waals surface area contributed by atoms with Crippen LogP contribution in [-0.2, 0) is 10.8 Å². The van der Waals surface area contributed by atoms with E-state index in [2.05, 4.69) is 184 Å². The van der Waals surface area contributed by atoms with Gasteiger partial charge >= 0.3 is 0 Å². The Morgan fingerprint density at radius 3 is 1.69 bits per heavy atom. The first kappa shape index (κ1) is 33.7. The lowest BCUT2D eigenvalue weighted by Gasteiger charge is -2.46. The molecule has 12 rings (SSSR count). The van der Waals surface area contributed by atoms with Crippen LogP contribution in [0.4, 0.5) is 0 Å². The molecule has 3 heteroatoms. The molecular weight excluding hydrogens is 717 g/mol. The van der Waals surface area contributed by atoms with Gasteiger partial charge in [-0.15, -0.1) is 0 Å². The summed E-state index contributed by atoms with van der Waals surface area (Å²) in [7, 11) is 0. The number of fused-ring (bicyclic) bond motifs is 12. The zero-order valence-corrected chi connectivity index (χ0v) is 32.8. The molecule has 0 amide bonds. The first-order chi connectivity index (χ1) is 29.0. The quantitative estimate of drug-likeness (QED) is 0.180. The Hall–Kier alpha value is -7.36. The van der Waals surface area contributed by atoms with Crippen LogP contribution in [0, 0.1) is 0 Å². The Balaban J connectivity index is 1.04. The van der Waals surface area contributed by atoms with Crippen molar-refractivity contribution < 1.29 is 4.42 Å². The van der Waals surface area contributed by atoms with Gasteiger partial charge in [0, 0.05) is 32.9 Å². The number of benzene rings is 8. The highest BCUT2D eigenvalue weighted by Crippen LogP contribution is 2.62. The van der Waals surface area contributed by atoms with Gasteiger partial charge in [-0.25, -0.2) is 9.97 Å². The van der Waals surface area contributed by atoms with Crippen LogP contribution in [0.15, 0.2) is 199 Å². The minimum absolute atomic E-state index is 0.194. The summed E-state index contributed by atoms with van der Waals surface area (Å²) in [6, 6.07) is 70.2. The van der Waals surface area contributed by atoms with Gasteiger partial charge in [-0.05, 0) is 92.0 Å². The predicted octanol–water partition coefficient (Wildman–Crippen LogP) is 14.0. The lowest BCUT2D eigenvalue weighted by molar-refractivity contribution is 0.563. The van der Waals surface area contributed by atoms with E-state index >= 15 is 0 Å². The van der Waals surface area contributed by atoms with Crippen LogP contribution < -0.4 is 0 Å². The molecular formula is C56H38N2O. The summed E-state index contributed by atoms with van der Waals surface area (Å²) in [4.78, 5) is 10.4. The molecule has 2 aliphatic carbocycles. The van der Waals surface area contributed by atoms with Crippen molar-refractivity contribution in [3.8, 4) is 56.2 Å². The van der Waals surface area contributed by atoms with Crippen molar-refractivity contribution in [2.75, 3.05) is 0 Å². The van der Waals surface area contributed by atoms with Gasteiger partial charge in [0.1, 0.15) is 11.2 Å². The van der Waals surface area contributed by atoms with Gasteiger partial charge in [-0.2, -0.15) is 0 Å². The standard InChI is InChI=1S/C56H38N2O/c1-55(2)46-24-11-12-25-48(46)56(44-22-9-6-19-40(44)41-20-7-10-23-45(41)56)49-32-37(28-30-47(49)55)36-17-14-18-38(31-36)51-34-50(35-15-4-3-5-16-35)57-54(58-51)39-27-29-43-42-21-8-13-26-52(42)59-53(43)33-39/h3-34H,1-2H3. The van der Waals surface area contributed by atoms with E-state index < -0.39 is 5.41 Å². The fourth-order valence-corrected chi connectivity index (χ4v) is 10.2. The van der Waals surface area contributed by atoms with Gasteiger partial charge in [0.05, 0.1) is 16.8 Å². The van der Waals surface area contributed by atoms with Crippen LogP contribution in [0.25, 0.3) is 78.1 Å². The van der Waals surface area contributed by atoms with Crippen molar-refractivity contribution in [3.63, 3.8) is 0 Å². The molecule has 2 heterocycles. The van der Waals surface area contributed by atoms with Gasteiger partial charge < -0.3 is 4.42 Å². The molecule has 0 saturated heterocycles. The van der Waals surface area contributed by atoms with Crippen LogP contribution in [-0.4, -0.2) is 9.97 Å². The van der Waals surface area contributed by atoms with E-state index in [0.717, 1.165) is 55.6 Å². The predicted molar refractivity (Wildman–Crippen MR) is 240 cm³/mol. The number of hydrogen-bond donors (Lipinski definition) is 0. The summed E-state index contributed by atoms with van der Waals surface area (Å²) < 4.78 is 6.30. The van der Waals surface area contributed by atoms with Crippen molar-refractivity contribution in [1.82, 2.24) is 9.97 Å². The van der Waals surface area contributed by atoms with Gasteiger partial charge in [-0.3, -0.25) is 0 Å². The third-order valence-electron chi connectivity index (χ3n) is 13.0. The zero-order chi connectivity index (χ0) is 39.3. The third-order valence-corrected chi connectivity index (χ3v) is 13.0. The summed E-state index contributed by atoms with van der Waals surface area (Å²) in [6.07, 6.45) is 0. The fourth-order valence-electron chi connectivity index (χ4n) is 10.2. The maximum atomic E-state index is 6.30. The number of rotatable bonds is 4. The Morgan fingerprint density at radius 2 is 0.915 bits per heavy atom. The molecule has 1 spiro atoms. The topological polar surface area (TPSA) is 38.9 Å². The highest BCUT2D eigenvalue weighted by Gasteiger charge is 2.53.